The van der Waals surface area contributed by atoms with Crippen LogP contribution in [0.1, 0.15) is 0 Å². The van der Waals surface area contributed by atoms with Gasteiger partial charge in [0, 0.05) is 18.1 Å². The SMILES string of the molecule is CON(C)C(=O)C1COc2ccc(Cl)cc2O1. The number of hydrogen-bond donors (Lipinski definition) is 0. The van der Waals surface area contributed by atoms with Gasteiger partial charge in [-0.15, -0.1) is 0 Å². The van der Waals surface area contributed by atoms with E-state index in [9.17, 15) is 4.79 Å². The summed E-state index contributed by atoms with van der Waals surface area (Å²) in [7, 11) is 2.92. The Hall–Kier alpha value is -1.46. The predicted molar refractivity (Wildman–Crippen MR) is 61.1 cm³/mol. The average Bonchev–Trinajstić information content (AvgIpc) is 2.36. The molecular weight excluding hydrogens is 246 g/mol. The molecule has 1 atom stereocenters. The van der Waals surface area contributed by atoms with Crippen LogP contribution in [0.4, 0.5) is 0 Å². The molecule has 1 aliphatic heterocycles. The van der Waals surface area contributed by atoms with Crippen molar-refractivity contribution in [3.63, 3.8) is 0 Å². The summed E-state index contributed by atoms with van der Waals surface area (Å²) < 4.78 is 10.9. The highest BCUT2D eigenvalue weighted by molar-refractivity contribution is 6.30. The Morgan fingerprint density at radius 2 is 2.29 bits per heavy atom. The lowest BCUT2D eigenvalue weighted by molar-refractivity contribution is -0.178. The van der Waals surface area contributed by atoms with E-state index < -0.39 is 6.10 Å². The molecule has 0 aliphatic carbocycles. The number of ether oxygens (including phenoxy) is 2. The topological polar surface area (TPSA) is 48.0 Å². The molecule has 0 bridgehead atoms. The third kappa shape index (κ3) is 2.45. The van der Waals surface area contributed by atoms with E-state index in [1.54, 1.807) is 18.2 Å². The van der Waals surface area contributed by atoms with E-state index in [0.717, 1.165) is 5.06 Å². The molecule has 0 aromatic heterocycles. The number of hydroxylamine groups is 2. The van der Waals surface area contributed by atoms with Crippen LogP contribution in [0.3, 0.4) is 0 Å². The van der Waals surface area contributed by atoms with Gasteiger partial charge in [-0.1, -0.05) is 11.6 Å². The van der Waals surface area contributed by atoms with Gasteiger partial charge in [0.1, 0.15) is 6.61 Å². The largest absolute Gasteiger partial charge is 0.485 e. The highest BCUT2D eigenvalue weighted by Crippen LogP contribution is 2.34. The lowest BCUT2D eigenvalue weighted by Gasteiger charge is -2.27. The maximum Gasteiger partial charge on any atom is 0.290 e. The molecular formula is C11H12ClNO4. The van der Waals surface area contributed by atoms with E-state index >= 15 is 0 Å². The first-order valence-corrected chi connectivity index (χ1v) is 5.40. The van der Waals surface area contributed by atoms with E-state index in [0.29, 0.717) is 16.5 Å². The van der Waals surface area contributed by atoms with Crippen molar-refractivity contribution in [1.82, 2.24) is 5.06 Å². The Balaban J connectivity index is 2.15. The van der Waals surface area contributed by atoms with Gasteiger partial charge in [0.25, 0.3) is 5.91 Å². The highest BCUT2D eigenvalue weighted by atomic mass is 35.5. The molecule has 0 spiro atoms. The molecule has 0 fully saturated rings. The summed E-state index contributed by atoms with van der Waals surface area (Å²) in [5, 5.41) is 1.63. The molecule has 17 heavy (non-hydrogen) atoms. The summed E-state index contributed by atoms with van der Waals surface area (Å²) in [6, 6.07) is 5.02. The molecule has 5 nitrogen and oxygen atoms in total. The minimum atomic E-state index is -0.717. The van der Waals surface area contributed by atoms with Gasteiger partial charge in [0.05, 0.1) is 7.11 Å². The van der Waals surface area contributed by atoms with Crippen LogP contribution in [0.2, 0.25) is 5.02 Å². The van der Waals surface area contributed by atoms with Gasteiger partial charge in [0.2, 0.25) is 6.10 Å². The Labute approximate surface area is 104 Å². The standard InChI is InChI=1S/C11H12ClNO4/c1-13(15-2)11(14)10-6-16-8-4-3-7(12)5-9(8)17-10/h3-5,10H,6H2,1-2H3. The first-order valence-electron chi connectivity index (χ1n) is 5.02. The highest BCUT2D eigenvalue weighted by Gasteiger charge is 2.30. The van der Waals surface area contributed by atoms with E-state index in [4.69, 9.17) is 25.9 Å². The molecule has 0 radical (unpaired) electrons. The van der Waals surface area contributed by atoms with Crippen molar-refractivity contribution in [2.24, 2.45) is 0 Å². The summed E-state index contributed by atoms with van der Waals surface area (Å²) in [5.74, 6) is 0.739. The summed E-state index contributed by atoms with van der Waals surface area (Å²) >= 11 is 5.84. The monoisotopic (exact) mass is 257 g/mol. The number of benzene rings is 1. The number of nitrogens with zero attached hydrogens (tertiary/aromatic N) is 1. The molecule has 1 aliphatic rings. The number of amides is 1. The van der Waals surface area contributed by atoms with Crippen molar-refractivity contribution < 1.29 is 19.1 Å². The van der Waals surface area contributed by atoms with Crippen molar-refractivity contribution in [2.45, 2.75) is 6.10 Å². The second-order valence-electron chi connectivity index (χ2n) is 3.53. The lowest BCUT2D eigenvalue weighted by Crippen LogP contribution is -2.44. The molecule has 6 heteroatoms. The zero-order valence-corrected chi connectivity index (χ0v) is 10.2. The van der Waals surface area contributed by atoms with Crippen LogP contribution in [0.15, 0.2) is 18.2 Å². The minimum absolute atomic E-state index is 0.154. The molecule has 1 amide bonds. The molecule has 1 unspecified atom stereocenters. The Kier molecular flexibility index (Phi) is 3.40. The molecule has 1 aromatic carbocycles. The van der Waals surface area contributed by atoms with Crippen LogP contribution in [-0.2, 0) is 9.63 Å². The number of hydrogen-bond acceptors (Lipinski definition) is 4. The number of carbonyl (C=O) groups is 1. The number of likely N-dealkylation sites (N-methyl/N-ethyl adjacent to an activating group) is 1. The van der Waals surface area contributed by atoms with Crippen LogP contribution in [0, 0.1) is 0 Å². The first-order chi connectivity index (χ1) is 8.11. The molecule has 1 aromatic rings. The normalized spacial score (nSPS) is 17.7. The summed E-state index contributed by atoms with van der Waals surface area (Å²) in [5.41, 5.74) is 0. The zero-order chi connectivity index (χ0) is 12.4. The summed E-state index contributed by atoms with van der Waals surface area (Å²) in [6.45, 7) is 0.154. The second kappa shape index (κ2) is 4.81. The fraction of sp³-hybridized carbons (Fsp3) is 0.364. The van der Waals surface area contributed by atoms with Gasteiger partial charge in [0.15, 0.2) is 11.5 Å². The Morgan fingerprint density at radius 1 is 1.53 bits per heavy atom. The minimum Gasteiger partial charge on any atom is -0.485 e. The average molecular weight is 258 g/mol. The fourth-order valence-electron chi connectivity index (χ4n) is 1.46. The number of rotatable bonds is 2. The molecule has 0 saturated heterocycles. The number of halogens is 1. The van der Waals surface area contributed by atoms with E-state index in [1.807, 2.05) is 0 Å². The zero-order valence-electron chi connectivity index (χ0n) is 9.47. The molecule has 92 valence electrons. The maximum absolute atomic E-state index is 11.8. The lowest BCUT2D eigenvalue weighted by atomic mass is 10.2. The Bertz CT molecular complexity index is 437. The maximum atomic E-state index is 11.8. The van der Waals surface area contributed by atoms with E-state index in [-0.39, 0.29) is 12.5 Å². The van der Waals surface area contributed by atoms with Crippen LogP contribution >= 0.6 is 11.6 Å². The van der Waals surface area contributed by atoms with Crippen molar-refractivity contribution >= 4 is 17.5 Å². The van der Waals surface area contributed by atoms with Gasteiger partial charge in [-0.3, -0.25) is 9.63 Å². The van der Waals surface area contributed by atoms with E-state index in [1.165, 1.54) is 14.2 Å². The van der Waals surface area contributed by atoms with Crippen molar-refractivity contribution in [1.29, 1.82) is 0 Å². The quantitative estimate of drug-likeness (QED) is 0.754. The predicted octanol–water partition coefficient (Wildman–Crippen LogP) is 1.50. The van der Waals surface area contributed by atoms with Crippen LogP contribution in [0.25, 0.3) is 0 Å². The van der Waals surface area contributed by atoms with Crippen molar-refractivity contribution in [3.05, 3.63) is 23.2 Å². The van der Waals surface area contributed by atoms with Crippen LogP contribution < -0.4 is 9.47 Å². The Morgan fingerprint density at radius 3 is 3.00 bits per heavy atom. The van der Waals surface area contributed by atoms with Gasteiger partial charge >= 0.3 is 0 Å². The van der Waals surface area contributed by atoms with Crippen LogP contribution in [0.5, 0.6) is 11.5 Å². The smallest absolute Gasteiger partial charge is 0.290 e. The van der Waals surface area contributed by atoms with Gasteiger partial charge in [-0.05, 0) is 12.1 Å². The third-order valence-corrected chi connectivity index (χ3v) is 2.66. The molecule has 2 rings (SSSR count). The van der Waals surface area contributed by atoms with Crippen molar-refractivity contribution in [2.75, 3.05) is 20.8 Å². The molecule has 0 saturated carbocycles. The van der Waals surface area contributed by atoms with Gasteiger partial charge in [-0.25, -0.2) is 5.06 Å². The van der Waals surface area contributed by atoms with Gasteiger partial charge < -0.3 is 9.47 Å². The second-order valence-corrected chi connectivity index (χ2v) is 3.96. The third-order valence-electron chi connectivity index (χ3n) is 2.42. The van der Waals surface area contributed by atoms with Crippen molar-refractivity contribution in [3.8, 4) is 11.5 Å². The van der Waals surface area contributed by atoms with Gasteiger partial charge in [-0.2, -0.15) is 0 Å². The summed E-state index contributed by atoms with van der Waals surface area (Å²) in [6.07, 6.45) is -0.717. The molecule has 0 N–H and O–H groups in total. The number of carbonyl (C=O) groups excluding carboxylic acids is 1. The first kappa shape index (κ1) is 12.0. The summed E-state index contributed by atoms with van der Waals surface area (Å²) in [4.78, 5) is 16.6. The van der Waals surface area contributed by atoms with Crippen LogP contribution in [-0.4, -0.2) is 37.8 Å². The molecule has 1 heterocycles. The van der Waals surface area contributed by atoms with E-state index in [2.05, 4.69) is 0 Å². The number of fused-ring (bicyclic) bond motifs is 1. The fourth-order valence-corrected chi connectivity index (χ4v) is 1.62.